The van der Waals surface area contributed by atoms with Gasteiger partial charge < -0.3 is 0 Å². The van der Waals surface area contributed by atoms with Crippen LogP contribution in [0.1, 0.15) is 0 Å². The molecule has 0 fully saturated rings. The predicted octanol–water partition coefficient (Wildman–Crippen LogP) is 9.18. The van der Waals surface area contributed by atoms with E-state index in [-0.39, 0.29) is 0 Å². The summed E-state index contributed by atoms with van der Waals surface area (Å²) in [6.07, 6.45) is 3.88. The SMILES string of the molecule is c1ccc(-c2c3ccccc3c(-c3ccc(-c4nccn4-c4ccccc4)cc3)c3ccccc23)cc1. The molecule has 0 aliphatic heterocycles. The number of hydrogen-bond acceptors (Lipinski definition) is 1. The summed E-state index contributed by atoms with van der Waals surface area (Å²) in [6, 6.07) is 47.5. The van der Waals surface area contributed by atoms with Gasteiger partial charge in [-0.3, -0.25) is 4.57 Å². The smallest absolute Gasteiger partial charge is 0.144 e. The van der Waals surface area contributed by atoms with E-state index in [0.717, 1.165) is 17.1 Å². The van der Waals surface area contributed by atoms with Crippen LogP contribution in [-0.4, -0.2) is 9.55 Å². The van der Waals surface area contributed by atoms with Crippen LogP contribution in [-0.2, 0) is 0 Å². The minimum Gasteiger partial charge on any atom is -0.300 e. The van der Waals surface area contributed by atoms with Crippen LogP contribution in [0.25, 0.3) is 60.9 Å². The van der Waals surface area contributed by atoms with Crippen LogP contribution in [0.5, 0.6) is 0 Å². The molecule has 0 unspecified atom stereocenters. The van der Waals surface area contributed by atoms with Crippen LogP contribution >= 0.6 is 0 Å². The van der Waals surface area contributed by atoms with Crippen LogP contribution in [0.4, 0.5) is 0 Å². The first-order valence-electron chi connectivity index (χ1n) is 12.6. The largest absolute Gasteiger partial charge is 0.300 e. The molecule has 0 aliphatic rings. The third-order valence-electron chi connectivity index (χ3n) is 7.10. The van der Waals surface area contributed by atoms with E-state index in [0.29, 0.717) is 0 Å². The maximum absolute atomic E-state index is 4.67. The van der Waals surface area contributed by atoms with Gasteiger partial charge >= 0.3 is 0 Å². The molecule has 7 rings (SSSR count). The van der Waals surface area contributed by atoms with Crippen molar-refractivity contribution in [2.45, 2.75) is 0 Å². The van der Waals surface area contributed by atoms with Gasteiger partial charge in [0.15, 0.2) is 0 Å². The lowest BCUT2D eigenvalue weighted by Crippen LogP contribution is -1.96. The quantitative estimate of drug-likeness (QED) is 0.234. The van der Waals surface area contributed by atoms with Gasteiger partial charge in [0, 0.05) is 23.6 Å². The van der Waals surface area contributed by atoms with E-state index in [1.807, 2.05) is 18.5 Å². The van der Waals surface area contributed by atoms with Crippen LogP contribution in [0.15, 0.2) is 146 Å². The number of fused-ring (bicyclic) bond motifs is 2. The highest BCUT2D eigenvalue weighted by atomic mass is 15.1. The van der Waals surface area contributed by atoms with E-state index in [1.165, 1.54) is 43.8 Å². The molecule has 0 N–H and O–H groups in total. The highest BCUT2D eigenvalue weighted by Crippen LogP contribution is 2.43. The lowest BCUT2D eigenvalue weighted by Gasteiger charge is -2.18. The molecule has 2 nitrogen and oxygen atoms in total. The van der Waals surface area contributed by atoms with Gasteiger partial charge in [0.25, 0.3) is 0 Å². The summed E-state index contributed by atoms with van der Waals surface area (Å²) in [5.74, 6) is 0.937. The van der Waals surface area contributed by atoms with Gasteiger partial charge in [0.05, 0.1) is 0 Å². The summed E-state index contributed by atoms with van der Waals surface area (Å²) in [4.78, 5) is 4.67. The summed E-state index contributed by atoms with van der Waals surface area (Å²) in [6.45, 7) is 0. The molecule has 0 aliphatic carbocycles. The molecule has 1 heterocycles. The molecule has 2 heteroatoms. The second-order valence-electron chi connectivity index (χ2n) is 9.24. The average Bonchev–Trinajstić information content (AvgIpc) is 3.47. The Balaban J connectivity index is 1.43. The van der Waals surface area contributed by atoms with Gasteiger partial charge in [-0.1, -0.05) is 121 Å². The monoisotopic (exact) mass is 472 g/mol. The number of rotatable bonds is 4. The molecule has 0 amide bonds. The second-order valence-corrected chi connectivity index (χ2v) is 9.24. The molecular weight excluding hydrogens is 448 g/mol. The van der Waals surface area contributed by atoms with Crippen LogP contribution in [0, 0.1) is 0 Å². The molecule has 0 saturated heterocycles. The number of para-hydroxylation sites is 1. The van der Waals surface area contributed by atoms with E-state index < -0.39 is 0 Å². The lowest BCUT2D eigenvalue weighted by molar-refractivity contribution is 1.07. The van der Waals surface area contributed by atoms with E-state index in [1.54, 1.807) is 0 Å². The van der Waals surface area contributed by atoms with Gasteiger partial charge in [0.2, 0.25) is 0 Å². The Morgan fingerprint density at radius 2 is 0.838 bits per heavy atom. The lowest BCUT2D eigenvalue weighted by atomic mass is 9.86. The molecule has 0 bridgehead atoms. The molecule has 37 heavy (non-hydrogen) atoms. The van der Waals surface area contributed by atoms with Crippen molar-refractivity contribution in [3.63, 3.8) is 0 Å². The van der Waals surface area contributed by atoms with Crippen LogP contribution < -0.4 is 0 Å². The van der Waals surface area contributed by atoms with Crippen molar-refractivity contribution >= 4 is 21.5 Å². The van der Waals surface area contributed by atoms with Crippen molar-refractivity contribution in [2.75, 3.05) is 0 Å². The van der Waals surface area contributed by atoms with Gasteiger partial charge in [-0.05, 0) is 55.9 Å². The maximum Gasteiger partial charge on any atom is 0.144 e. The number of hydrogen-bond donors (Lipinski definition) is 0. The average molecular weight is 473 g/mol. The summed E-state index contributed by atoms with van der Waals surface area (Å²) in [5, 5.41) is 5.06. The zero-order valence-electron chi connectivity index (χ0n) is 20.3. The standard InChI is InChI=1S/C35H24N2/c1-3-11-25(12-4-1)33-29-15-7-9-17-31(29)34(32-18-10-8-16-30(32)33)26-19-21-27(22-20-26)35-36-23-24-37(35)28-13-5-2-6-14-28/h1-24H. The fourth-order valence-electron chi connectivity index (χ4n) is 5.46. The summed E-state index contributed by atoms with van der Waals surface area (Å²) >= 11 is 0. The first-order chi connectivity index (χ1) is 18.4. The summed E-state index contributed by atoms with van der Waals surface area (Å²) in [7, 11) is 0. The zero-order chi connectivity index (χ0) is 24.6. The Kier molecular flexibility index (Phi) is 5.15. The fourth-order valence-corrected chi connectivity index (χ4v) is 5.46. The van der Waals surface area contributed by atoms with E-state index in [2.05, 4.69) is 137 Å². The third-order valence-corrected chi connectivity index (χ3v) is 7.10. The molecule has 7 aromatic rings. The van der Waals surface area contributed by atoms with Crippen molar-refractivity contribution in [3.05, 3.63) is 146 Å². The molecule has 1 aromatic heterocycles. The Labute approximate surface area is 216 Å². The fraction of sp³-hybridized carbons (Fsp3) is 0. The Morgan fingerprint density at radius 1 is 0.405 bits per heavy atom. The Morgan fingerprint density at radius 3 is 1.38 bits per heavy atom. The topological polar surface area (TPSA) is 17.8 Å². The van der Waals surface area contributed by atoms with Crippen LogP contribution in [0.2, 0.25) is 0 Å². The van der Waals surface area contributed by atoms with Gasteiger partial charge in [-0.15, -0.1) is 0 Å². The van der Waals surface area contributed by atoms with Crippen LogP contribution in [0.3, 0.4) is 0 Å². The Hall–Kier alpha value is -4.95. The van der Waals surface area contributed by atoms with Gasteiger partial charge in [0.1, 0.15) is 5.82 Å². The molecule has 0 spiro atoms. The van der Waals surface area contributed by atoms with Crippen molar-refractivity contribution in [3.8, 4) is 39.3 Å². The predicted molar refractivity (Wildman–Crippen MR) is 155 cm³/mol. The minimum atomic E-state index is 0.937. The molecule has 174 valence electrons. The first-order valence-corrected chi connectivity index (χ1v) is 12.6. The summed E-state index contributed by atoms with van der Waals surface area (Å²) in [5.41, 5.74) is 7.19. The second kappa shape index (κ2) is 8.92. The van der Waals surface area contributed by atoms with Crippen molar-refractivity contribution < 1.29 is 0 Å². The molecule has 0 atom stereocenters. The third kappa shape index (κ3) is 3.62. The first kappa shape index (κ1) is 21.3. The molecular formula is C35H24N2. The molecule has 0 saturated carbocycles. The number of imidazole rings is 1. The Bertz CT molecular complexity index is 1790. The summed E-state index contributed by atoms with van der Waals surface area (Å²) < 4.78 is 2.13. The van der Waals surface area contributed by atoms with Crippen molar-refractivity contribution in [1.29, 1.82) is 0 Å². The van der Waals surface area contributed by atoms with E-state index >= 15 is 0 Å². The zero-order valence-corrected chi connectivity index (χ0v) is 20.3. The number of aromatic nitrogens is 2. The van der Waals surface area contributed by atoms with E-state index in [9.17, 15) is 0 Å². The normalized spacial score (nSPS) is 11.2. The number of benzene rings is 6. The highest BCUT2D eigenvalue weighted by Gasteiger charge is 2.16. The van der Waals surface area contributed by atoms with E-state index in [4.69, 9.17) is 0 Å². The van der Waals surface area contributed by atoms with Gasteiger partial charge in [-0.2, -0.15) is 0 Å². The maximum atomic E-state index is 4.67. The molecule has 6 aromatic carbocycles. The van der Waals surface area contributed by atoms with Crippen molar-refractivity contribution in [2.24, 2.45) is 0 Å². The number of nitrogens with zero attached hydrogens (tertiary/aromatic N) is 2. The van der Waals surface area contributed by atoms with Gasteiger partial charge in [-0.25, -0.2) is 4.98 Å². The minimum absolute atomic E-state index is 0.937. The van der Waals surface area contributed by atoms with Crippen molar-refractivity contribution in [1.82, 2.24) is 9.55 Å². The molecule has 0 radical (unpaired) electrons. The highest BCUT2D eigenvalue weighted by molar-refractivity contribution is 6.21.